The maximum atomic E-state index is 3.32. The van der Waals surface area contributed by atoms with Gasteiger partial charge in [-0.25, -0.2) is 5.43 Å². The molecule has 4 heteroatoms. The van der Waals surface area contributed by atoms with E-state index in [-0.39, 0.29) is 0 Å². The molecule has 0 aliphatic carbocycles. The molecule has 0 spiro atoms. The third-order valence-electron chi connectivity index (χ3n) is 2.01. The van der Waals surface area contributed by atoms with Gasteiger partial charge in [0, 0.05) is 19.3 Å². The van der Waals surface area contributed by atoms with Crippen LogP contribution in [0.3, 0.4) is 0 Å². The minimum absolute atomic E-state index is 0.639. The molecule has 0 aliphatic rings. The fraction of sp³-hybridized carbons (Fsp3) is 0.818. The molecule has 90 valence electrons. The highest BCUT2D eigenvalue weighted by atomic mass is 15.3. The van der Waals surface area contributed by atoms with Gasteiger partial charge in [0.1, 0.15) is 0 Å². The Hall–Kier alpha value is -0.580. The fourth-order valence-electron chi connectivity index (χ4n) is 1.10. The van der Waals surface area contributed by atoms with Crippen molar-refractivity contribution in [2.45, 2.75) is 20.8 Å². The van der Waals surface area contributed by atoms with Gasteiger partial charge in [0.25, 0.3) is 0 Å². The highest BCUT2D eigenvalue weighted by Gasteiger charge is 1.98. The van der Waals surface area contributed by atoms with E-state index in [1.165, 1.54) is 0 Å². The second-order valence-corrected chi connectivity index (χ2v) is 3.65. The van der Waals surface area contributed by atoms with E-state index < -0.39 is 0 Å². The van der Waals surface area contributed by atoms with E-state index in [1.54, 1.807) is 0 Å². The second kappa shape index (κ2) is 11.5. The zero-order valence-electron chi connectivity index (χ0n) is 10.3. The molecule has 0 saturated carbocycles. The number of hydrogen-bond acceptors (Lipinski definition) is 4. The van der Waals surface area contributed by atoms with E-state index in [0.717, 1.165) is 32.7 Å². The van der Waals surface area contributed by atoms with Crippen molar-refractivity contribution >= 4 is 0 Å². The van der Waals surface area contributed by atoms with E-state index in [0.29, 0.717) is 5.92 Å². The van der Waals surface area contributed by atoms with Crippen molar-refractivity contribution in [2.24, 2.45) is 5.92 Å². The number of rotatable bonds is 10. The first kappa shape index (κ1) is 14.4. The van der Waals surface area contributed by atoms with Crippen LogP contribution in [0, 0.1) is 5.92 Å². The molecule has 4 nitrogen and oxygen atoms in total. The molecule has 0 aromatic carbocycles. The summed E-state index contributed by atoms with van der Waals surface area (Å²) < 4.78 is 0. The van der Waals surface area contributed by atoms with E-state index in [2.05, 4.69) is 48.3 Å². The van der Waals surface area contributed by atoms with Crippen LogP contribution < -0.4 is 21.5 Å². The lowest BCUT2D eigenvalue weighted by atomic mass is 10.2. The number of likely N-dealkylation sites (N-methyl/N-ethyl adjacent to an activating group) is 1. The van der Waals surface area contributed by atoms with Gasteiger partial charge in [0.15, 0.2) is 0 Å². The summed E-state index contributed by atoms with van der Waals surface area (Å²) in [5.74, 6) is 0.639. The lowest BCUT2D eigenvalue weighted by Gasteiger charge is -2.12. The highest BCUT2D eigenvalue weighted by Crippen LogP contribution is 1.87. The van der Waals surface area contributed by atoms with Crippen LogP contribution >= 0.6 is 0 Å². The summed E-state index contributed by atoms with van der Waals surface area (Å²) in [6.45, 7) is 11.4. The number of hydrazine groups is 1. The van der Waals surface area contributed by atoms with Gasteiger partial charge < -0.3 is 16.1 Å². The van der Waals surface area contributed by atoms with Crippen molar-refractivity contribution in [2.75, 3.05) is 32.7 Å². The molecule has 0 amide bonds. The van der Waals surface area contributed by atoms with Gasteiger partial charge in [-0.05, 0) is 25.6 Å². The van der Waals surface area contributed by atoms with Gasteiger partial charge >= 0.3 is 0 Å². The summed E-state index contributed by atoms with van der Waals surface area (Å²) in [5.41, 5.74) is 6.22. The summed E-state index contributed by atoms with van der Waals surface area (Å²) in [5, 5.41) is 6.53. The largest absolute Gasteiger partial charge is 0.329 e. The van der Waals surface area contributed by atoms with Crippen LogP contribution in [0.2, 0.25) is 0 Å². The van der Waals surface area contributed by atoms with Crippen molar-refractivity contribution in [3.63, 3.8) is 0 Å². The van der Waals surface area contributed by atoms with Gasteiger partial charge in [0.2, 0.25) is 0 Å². The minimum atomic E-state index is 0.639. The third kappa shape index (κ3) is 11.3. The Kier molecular flexibility index (Phi) is 11.1. The van der Waals surface area contributed by atoms with Gasteiger partial charge in [-0.2, -0.15) is 0 Å². The fourth-order valence-corrected chi connectivity index (χ4v) is 1.10. The first-order valence-electron chi connectivity index (χ1n) is 5.86. The van der Waals surface area contributed by atoms with Crippen LogP contribution in [-0.4, -0.2) is 32.7 Å². The van der Waals surface area contributed by atoms with Gasteiger partial charge in [-0.1, -0.05) is 26.8 Å². The van der Waals surface area contributed by atoms with Crippen molar-refractivity contribution in [3.8, 4) is 0 Å². The van der Waals surface area contributed by atoms with Crippen LogP contribution in [-0.2, 0) is 0 Å². The average Bonchev–Trinajstić information content (AvgIpc) is 2.25. The summed E-state index contributed by atoms with van der Waals surface area (Å²) in [6.07, 6.45) is 3.99. The maximum Gasteiger partial charge on any atom is 0.0185 e. The smallest absolute Gasteiger partial charge is 0.0185 e. The Morgan fingerprint density at radius 2 is 1.80 bits per heavy atom. The van der Waals surface area contributed by atoms with Crippen LogP contribution in [0.25, 0.3) is 0 Å². The Morgan fingerprint density at radius 3 is 2.47 bits per heavy atom. The molecular weight excluding hydrogens is 188 g/mol. The van der Waals surface area contributed by atoms with E-state index in [1.807, 2.05) is 6.20 Å². The molecule has 4 N–H and O–H groups in total. The summed E-state index contributed by atoms with van der Waals surface area (Å²) >= 11 is 0. The Morgan fingerprint density at radius 1 is 1.07 bits per heavy atom. The Labute approximate surface area is 93.9 Å². The molecule has 1 unspecified atom stereocenters. The molecule has 0 aromatic heterocycles. The molecule has 0 fully saturated rings. The monoisotopic (exact) mass is 214 g/mol. The lowest BCUT2D eigenvalue weighted by molar-refractivity contribution is 0.460. The molecule has 15 heavy (non-hydrogen) atoms. The zero-order chi connectivity index (χ0) is 11.4. The van der Waals surface area contributed by atoms with E-state index in [4.69, 9.17) is 0 Å². The van der Waals surface area contributed by atoms with Crippen LogP contribution in [0.1, 0.15) is 20.8 Å². The predicted octanol–water partition coefficient (Wildman–Crippen LogP) is 0.449. The third-order valence-corrected chi connectivity index (χ3v) is 2.01. The molecule has 0 aliphatic heterocycles. The summed E-state index contributed by atoms with van der Waals surface area (Å²) in [4.78, 5) is 0. The average molecular weight is 214 g/mol. The standard InChI is InChI=1S/C11H26N4/c1-4-12-7-6-8-14-15-10-11(3)9-13-5-2/h6,8,11-15H,4-5,7,9-10H2,1-3H3/b8-6+. The normalized spacial score (nSPS) is 13.3. The Bertz CT molecular complexity index is 148. The SMILES string of the molecule is CCNC/C=C/NNCC(C)CNCC. The first-order chi connectivity index (χ1) is 7.31. The Balaban J connectivity index is 3.18. The molecule has 0 heterocycles. The van der Waals surface area contributed by atoms with Crippen molar-refractivity contribution in [1.82, 2.24) is 21.5 Å². The van der Waals surface area contributed by atoms with E-state index in [9.17, 15) is 0 Å². The van der Waals surface area contributed by atoms with E-state index >= 15 is 0 Å². The molecule has 0 aromatic rings. The molecular formula is C11H26N4. The van der Waals surface area contributed by atoms with Crippen LogP contribution in [0.5, 0.6) is 0 Å². The first-order valence-corrected chi connectivity index (χ1v) is 5.86. The molecule has 1 atom stereocenters. The predicted molar refractivity (Wildman–Crippen MR) is 66.5 cm³/mol. The maximum absolute atomic E-state index is 3.32. The highest BCUT2D eigenvalue weighted by molar-refractivity contribution is 4.80. The molecule has 0 saturated heterocycles. The lowest BCUT2D eigenvalue weighted by Crippen LogP contribution is -2.35. The molecule has 0 bridgehead atoms. The molecule has 0 radical (unpaired) electrons. The second-order valence-electron chi connectivity index (χ2n) is 3.65. The molecule has 0 rings (SSSR count). The van der Waals surface area contributed by atoms with Gasteiger partial charge in [-0.15, -0.1) is 0 Å². The van der Waals surface area contributed by atoms with Crippen molar-refractivity contribution in [3.05, 3.63) is 12.3 Å². The van der Waals surface area contributed by atoms with Crippen molar-refractivity contribution in [1.29, 1.82) is 0 Å². The summed E-state index contributed by atoms with van der Waals surface area (Å²) in [6, 6.07) is 0. The quantitative estimate of drug-likeness (QED) is 0.315. The van der Waals surface area contributed by atoms with Crippen molar-refractivity contribution < 1.29 is 0 Å². The minimum Gasteiger partial charge on any atom is -0.329 e. The number of nitrogens with one attached hydrogen (secondary N) is 4. The zero-order valence-corrected chi connectivity index (χ0v) is 10.3. The van der Waals surface area contributed by atoms with Crippen LogP contribution in [0.4, 0.5) is 0 Å². The van der Waals surface area contributed by atoms with Gasteiger partial charge in [0.05, 0.1) is 0 Å². The van der Waals surface area contributed by atoms with Gasteiger partial charge in [-0.3, -0.25) is 0 Å². The van der Waals surface area contributed by atoms with Crippen LogP contribution in [0.15, 0.2) is 12.3 Å². The number of hydrogen-bond donors (Lipinski definition) is 4. The summed E-state index contributed by atoms with van der Waals surface area (Å²) in [7, 11) is 0. The topological polar surface area (TPSA) is 48.1 Å².